The van der Waals surface area contributed by atoms with E-state index in [1.807, 2.05) is 25.1 Å². The quantitative estimate of drug-likeness (QED) is 0.845. The minimum atomic E-state index is -0.799. The van der Waals surface area contributed by atoms with Crippen LogP contribution < -0.4 is 0 Å². The predicted octanol–water partition coefficient (Wildman–Crippen LogP) is 2.33. The zero-order valence-corrected chi connectivity index (χ0v) is 12.3. The molecule has 1 N–H and O–H groups in total. The lowest BCUT2D eigenvalue weighted by atomic mass is 9.95. The van der Waals surface area contributed by atoms with Crippen molar-refractivity contribution in [3.05, 3.63) is 41.7 Å². The van der Waals surface area contributed by atoms with Crippen LogP contribution >= 0.6 is 0 Å². The van der Waals surface area contributed by atoms with Crippen LogP contribution in [0.2, 0.25) is 0 Å². The fourth-order valence-corrected chi connectivity index (χ4v) is 2.50. The van der Waals surface area contributed by atoms with Gasteiger partial charge in [-0.3, -0.25) is 4.79 Å². The average molecular weight is 288 g/mol. The van der Waals surface area contributed by atoms with Gasteiger partial charge in [-0.15, -0.1) is 5.10 Å². The van der Waals surface area contributed by atoms with Crippen LogP contribution in [0.15, 0.2) is 30.3 Å². The second-order valence-electron chi connectivity index (χ2n) is 5.29. The summed E-state index contributed by atoms with van der Waals surface area (Å²) >= 11 is 0. The molecule has 0 saturated carbocycles. The van der Waals surface area contributed by atoms with Crippen molar-refractivity contribution in [1.82, 2.24) is 20.2 Å². The third kappa shape index (κ3) is 3.87. The fourth-order valence-electron chi connectivity index (χ4n) is 2.50. The number of tetrazole rings is 1. The number of carboxylic acids is 1. The summed E-state index contributed by atoms with van der Waals surface area (Å²) < 4.78 is 1.73. The van der Waals surface area contributed by atoms with E-state index in [1.165, 1.54) is 5.56 Å². The minimum Gasteiger partial charge on any atom is -0.481 e. The van der Waals surface area contributed by atoms with E-state index in [-0.39, 0.29) is 18.3 Å². The lowest BCUT2D eigenvalue weighted by Crippen LogP contribution is -2.17. The van der Waals surface area contributed by atoms with Gasteiger partial charge in [0, 0.05) is 18.9 Å². The van der Waals surface area contributed by atoms with Gasteiger partial charge in [0.15, 0.2) is 5.82 Å². The number of carbonyl (C=O) groups is 1. The van der Waals surface area contributed by atoms with Crippen molar-refractivity contribution >= 4 is 5.97 Å². The van der Waals surface area contributed by atoms with Crippen molar-refractivity contribution in [2.75, 3.05) is 0 Å². The van der Waals surface area contributed by atoms with E-state index in [9.17, 15) is 4.79 Å². The molecule has 2 unspecified atom stereocenters. The third-order valence-electron chi connectivity index (χ3n) is 3.49. The lowest BCUT2D eigenvalue weighted by Gasteiger charge is -2.16. The monoisotopic (exact) mass is 288 g/mol. The topological polar surface area (TPSA) is 80.9 Å². The largest absolute Gasteiger partial charge is 0.481 e. The van der Waals surface area contributed by atoms with Gasteiger partial charge in [-0.25, -0.2) is 4.68 Å². The summed E-state index contributed by atoms with van der Waals surface area (Å²) in [7, 11) is 0. The van der Waals surface area contributed by atoms with Crippen molar-refractivity contribution < 1.29 is 9.90 Å². The van der Waals surface area contributed by atoms with Crippen molar-refractivity contribution in [3.63, 3.8) is 0 Å². The van der Waals surface area contributed by atoms with Gasteiger partial charge in [0.2, 0.25) is 0 Å². The summed E-state index contributed by atoms with van der Waals surface area (Å²) in [5.74, 6) is 0.101. The minimum absolute atomic E-state index is 0.0157. The Kier molecular flexibility index (Phi) is 5.03. The van der Waals surface area contributed by atoms with Crippen molar-refractivity contribution in [2.24, 2.45) is 5.92 Å². The average Bonchev–Trinajstić information content (AvgIpc) is 2.88. The zero-order valence-electron chi connectivity index (χ0n) is 12.3. The summed E-state index contributed by atoms with van der Waals surface area (Å²) in [6, 6.07) is 10.1. The summed E-state index contributed by atoms with van der Waals surface area (Å²) in [4.78, 5) is 10.8. The molecule has 0 bridgehead atoms. The molecule has 0 spiro atoms. The Balaban J connectivity index is 2.20. The summed E-state index contributed by atoms with van der Waals surface area (Å²) in [6.07, 6.45) is 0.999. The first kappa shape index (κ1) is 15.2. The molecule has 0 aliphatic heterocycles. The van der Waals surface area contributed by atoms with Crippen molar-refractivity contribution in [3.8, 4) is 0 Å². The molecule has 0 saturated heterocycles. The van der Waals surface area contributed by atoms with E-state index < -0.39 is 5.97 Å². The Morgan fingerprint density at radius 1 is 1.33 bits per heavy atom. The Morgan fingerprint density at radius 2 is 2.05 bits per heavy atom. The van der Waals surface area contributed by atoms with Crippen LogP contribution in [0.3, 0.4) is 0 Å². The Labute approximate surface area is 123 Å². The highest BCUT2D eigenvalue weighted by atomic mass is 16.4. The number of aromatic nitrogens is 4. The molecule has 6 nitrogen and oxygen atoms in total. The first-order valence-electron chi connectivity index (χ1n) is 7.14. The normalized spacial score (nSPS) is 13.8. The molecule has 1 aromatic heterocycles. The van der Waals surface area contributed by atoms with E-state index >= 15 is 0 Å². The molecule has 112 valence electrons. The van der Waals surface area contributed by atoms with E-state index in [0.29, 0.717) is 6.54 Å². The first-order valence-corrected chi connectivity index (χ1v) is 7.14. The molecule has 0 aliphatic rings. The molecule has 2 atom stereocenters. The second-order valence-corrected chi connectivity index (χ2v) is 5.29. The van der Waals surface area contributed by atoms with Crippen LogP contribution in [0, 0.1) is 5.92 Å². The highest BCUT2D eigenvalue weighted by Gasteiger charge is 2.20. The van der Waals surface area contributed by atoms with E-state index in [2.05, 4.69) is 34.6 Å². The molecule has 0 radical (unpaired) electrons. The number of rotatable bonds is 7. The molecule has 1 aromatic carbocycles. The van der Waals surface area contributed by atoms with Gasteiger partial charge in [0.25, 0.3) is 0 Å². The molecule has 6 heteroatoms. The van der Waals surface area contributed by atoms with Gasteiger partial charge in [-0.1, -0.05) is 44.2 Å². The number of hydrogen-bond acceptors (Lipinski definition) is 4. The summed E-state index contributed by atoms with van der Waals surface area (Å²) in [5, 5.41) is 20.8. The molecular formula is C15H20N4O2. The van der Waals surface area contributed by atoms with E-state index in [1.54, 1.807) is 4.68 Å². The van der Waals surface area contributed by atoms with E-state index in [4.69, 9.17) is 5.11 Å². The predicted molar refractivity (Wildman–Crippen MR) is 77.8 cm³/mol. The maximum atomic E-state index is 10.8. The Hall–Kier alpha value is -2.24. The summed E-state index contributed by atoms with van der Waals surface area (Å²) in [6.45, 7) is 4.50. The third-order valence-corrected chi connectivity index (χ3v) is 3.49. The number of nitrogens with zero attached hydrogens (tertiary/aromatic N) is 4. The van der Waals surface area contributed by atoms with Gasteiger partial charge in [0.1, 0.15) is 0 Å². The maximum absolute atomic E-state index is 10.8. The SMILES string of the molecule is CCC(c1ccccc1)c1nnnn1CC(C)CC(=O)O. The second kappa shape index (κ2) is 6.97. The highest BCUT2D eigenvalue weighted by Crippen LogP contribution is 2.26. The molecule has 1 heterocycles. The molecule has 0 amide bonds. The van der Waals surface area contributed by atoms with Crippen LogP contribution in [-0.4, -0.2) is 31.3 Å². The standard InChI is InChI=1S/C15H20N4O2/c1-3-13(12-7-5-4-6-8-12)15-16-17-18-19(15)10-11(2)9-14(20)21/h4-8,11,13H,3,9-10H2,1-2H3,(H,20,21). The Morgan fingerprint density at radius 3 is 2.67 bits per heavy atom. The van der Waals surface area contributed by atoms with E-state index in [0.717, 1.165) is 12.2 Å². The molecule has 2 aromatic rings. The highest BCUT2D eigenvalue weighted by molar-refractivity contribution is 5.66. The molecule has 21 heavy (non-hydrogen) atoms. The van der Waals surface area contributed by atoms with Gasteiger partial charge >= 0.3 is 5.97 Å². The van der Waals surface area contributed by atoms with Crippen molar-refractivity contribution in [2.45, 2.75) is 39.2 Å². The molecular weight excluding hydrogens is 268 g/mol. The number of aliphatic carboxylic acids is 1. The fraction of sp³-hybridized carbons (Fsp3) is 0.467. The zero-order chi connectivity index (χ0) is 15.2. The maximum Gasteiger partial charge on any atom is 0.303 e. The lowest BCUT2D eigenvalue weighted by molar-refractivity contribution is -0.138. The van der Waals surface area contributed by atoms with Crippen LogP contribution in [0.25, 0.3) is 0 Å². The van der Waals surface area contributed by atoms with Crippen molar-refractivity contribution in [1.29, 1.82) is 0 Å². The Bertz CT molecular complexity index is 582. The van der Waals surface area contributed by atoms with Crippen LogP contribution in [-0.2, 0) is 11.3 Å². The van der Waals surface area contributed by atoms with Gasteiger partial charge < -0.3 is 5.11 Å². The van der Waals surface area contributed by atoms with Crippen LogP contribution in [0.5, 0.6) is 0 Å². The molecule has 0 fully saturated rings. The van der Waals surface area contributed by atoms with Crippen LogP contribution in [0.1, 0.15) is 44.0 Å². The molecule has 0 aliphatic carbocycles. The smallest absolute Gasteiger partial charge is 0.303 e. The number of benzene rings is 1. The van der Waals surface area contributed by atoms with Gasteiger partial charge in [-0.05, 0) is 28.3 Å². The number of hydrogen-bond donors (Lipinski definition) is 1. The first-order chi connectivity index (χ1) is 10.1. The summed E-state index contributed by atoms with van der Waals surface area (Å²) in [5.41, 5.74) is 1.17. The molecule has 2 rings (SSSR count). The van der Waals surface area contributed by atoms with Crippen LogP contribution in [0.4, 0.5) is 0 Å². The number of carboxylic acid groups (broad SMARTS) is 1. The van der Waals surface area contributed by atoms with Gasteiger partial charge in [0.05, 0.1) is 0 Å². The van der Waals surface area contributed by atoms with Gasteiger partial charge in [-0.2, -0.15) is 0 Å².